The van der Waals surface area contributed by atoms with E-state index in [0.29, 0.717) is 17.0 Å². The van der Waals surface area contributed by atoms with Crippen LogP contribution in [-0.4, -0.2) is 36.4 Å². The standard InChI is InChI=1S/C20H21N3O4/c1-13-5-4-6-15(11-13)21-17(24)12-23-18(25)20(2,22-19(23)26)14-7-9-16(27-3)10-8-14/h4-11H,12H2,1-3H3,(H,21,24)(H,22,26)/t20-/m1/s1. The van der Waals surface area contributed by atoms with E-state index in [2.05, 4.69) is 10.6 Å². The van der Waals surface area contributed by atoms with Crippen LogP contribution in [0.5, 0.6) is 5.75 Å². The Morgan fingerprint density at radius 2 is 1.89 bits per heavy atom. The third-order valence-electron chi connectivity index (χ3n) is 4.55. The number of hydrogen-bond acceptors (Lipinski definition) is 4. The van der Waals surface area contributed by atoms with Crippen molar-refractivity contribution in [3.63, 3.8) is 0 Å². The highest BCUT2D eigenvalue weighted by atomic mass is 16.5. The lowest BCUT2D eigenvalue weighted by Crippen LogP contribution is -2.42. The van der Waals surface area contributed by atoms with Crippen LogP contribution >= 0.6 is 0 Å². The van der Waals surface area contributed by atoms with Crippen molar-refractivity contribution in [2.75, 3.05) is 19.0 Å². The van der Waals surface area contributed by atoms with Crippen LogP contribution in [0.1, 0.15) is 18.1 Å². The van der Waals surface area contributed by atoms with Crippen molar-refractivity contribution in [2.24, 2.45) is 0 Å². The Labute approximate surface area is 157 Å². The highest BCUT2D eigenvalue weighted by Gasteiger charge is 2.49. The summed E-state index contributed by atoms with van der Waals surface area (Å²) in [5.74, 6) is -0.270. The van der Waals surface area contributed by atoms with Gasteiger partial charge in [-0.3, -0.25) is 14.5 Å². The molecule has 2 N–H and O–H groups in total. The van der Waals surface area contributed by atoms with E-state index in [1.165, 1.54) is 0 Å². The van der Waals surface area contributed by atoms with Gasteiger partial charge in [-0.15, -0.1) is 0 Å². The topological polar surface area (TPSA) is 87.7 Å². The van der Waals surface area contributed by atoms with E-state index >= 15 is 0 Å². The van der Waals surface area contributed by atoms with Crippen LogP contribution in [0.15, 0.2) is 48.5 Å². The number of imide groups is 1. The second-order valence-corrected chi connectivity index (χ2v) is 6.59. The van der Waals surface area contributed by atoms with Crippen molar-refractivity contribution in [1.82, 2.24) is 10.2 Å². The minimum Gasteiger partial charge on any atom is -0.497 e. The van der Waals surface area contributed by atoms with Gasteiger partial charge in [-0.25, -0.2) is 4.79 Å². The highest BCUT2D eigenvalue weighted by Crippen LogP contribution is 2.30. The normalized spacial score (nSPS) is 19.0. The summed E-state index contributed by atoms with van der Waals surface area (Å²) in [5, 5.41) is 5.38. The van der Waals surface area contributed by atoms with Gasteiger partial charge >= 0.3 is 6.03 Å². The van der Waals surface area contributed by atoms with Gasteiger partial charge < -0.3 is 15.4 Å². The third-order valence-corrected chi connectivity index (χ3v) is 4.55. The van der Waals surface area contributed by atoms with E-state index < -0.39 is 23.4 Å². The number of carbonyl (C=O) groups is 3. The molecule has 0 aromatic heterocycles. The molecule has 0 unspecified atom stereocenters. The Kier molecular flexibility index (Phi) is 4.85. The molecule has 0 spiro atoms. The molecule has 2 aromatic rings. The first-order chi connectivity index (χ1) is 12.8. The molecule has 4 amide bonds. The van der Waals surface area contributed by atoms with Crippen molar-refractivity contribution in [2.45, 2.75) is 19.4 Å². The van der Waals surface area contributed by atoms with Gasteiger partial charge in [0.25, 0.3) is 5.91 Å². The maximum absolute atomic E-state index is 12.9. The fourth-order valence-electron chi connectivity index (χ4n) is 3.03. The maximum atomic E-state index is 12.9. The smallest absolute Gasteiger partial charge is 0.325 e. The summed E-state index contributed by atoms with van der Waals surface area (Å²) in [4.78, 5) is 38.4. The molecule has 0 radical (unpaired) electrons. The Bertz CT molecular complexity index is 894. The number of aryl methyl sites for hydroxylation is 1. The quantitative estimate of drug-likeness (QED) is 0.795. The summed E-state index contributed by atoms with van der Waals surface area (Å²) in [6.07, 6.45) is 0. The van der Waals surface area contributed by atoms with Crippen LogP contribution in [0.4, 0.5) is 10.5 Å². The van der Waals surface area contributed by atoms with E-state index in [4.69, 9.17) is 4.74 Å². The molecule has 1 aliphatic rings. The van der Waals surface area contributed by atoms with E-state index in [-0.39, 0.29) is 6.54 Å². The fourth-order valence-corrected chi connectivity index (χ4v) is 3.03. The molecular formula is C20H21N3O4. The summed E-state index contributed by atoms with van der Waals surface area (Å²) in [6, 6.07) is 13.6. The van der Waals surface area contributed by atoms with Crippen LogP contribution < -0.4 is 15.4 Å². The summed E-state index contributed by atoms with van der Waals surface area (Å²) >= 11 is 0. The minimum absolute atomic E-state index is 0.357. The van der Waals surface area contributed by atoms with Crippen LogP contribution in [0.25, 0.3) is 0 Å². The zero-order valence-corrected chi connectivity index (χ0v) is 15.4. The average molecular weight is 367 g/mol. The number of nitrogens with zero attached hydrogens (tertiary/aromatic N) is 1. The third kappa shape index (κ3) is 3.62. The van der Waals surface area contributed by atoms with Crippen molar-refractivity contribution in [3.05, 3.63) is 59.7 Å². The fraction of sp³-hybridized carbons (Fsp3) is 0.250. The number of hydrogen-bond donors (Lipinski definition) is 2. The molecule has 1 aliphatic heterocycles. The van der Waals surface area contributed by atoms with Gasteiger partial charge in [0, 0.05) is 5.69 Å². The second-order valence-electron chi connectivity index (χ2n) is 6.59. The van der Waals surface area contributed by atoms with E-state index in [9.17, 15) is 14.4 Å². The zero-order valence-electron chi connectivity index (χ0n) is 15.4. The molecule has 1 fully saturated rings. The minimum atomic E-state index is -1.23. The Balaban J connectivity index is 1.74. The van der Waals surface area contributed by atoms with Crippen molar-refractivity contribution >= 4 is 23.5 Å². The molecule has 140 valence electrons. The molecule has 0 saturated carbocycles. The summed E-state index contributed by atoms with van der Waals surface area (Å²) < 4.78 is 5.12. The lowest BCUT2D eigenvalue weighted by Gasteiger charge is -2.22. The highest BCUT2D eigenvalue weighted by molar-refractivity contribution is 6.10. The number of carbonyl (C=O) groups excluding carboxylic acids is 3. The zero-order chi connectivity index (χ0) is 19.6. The SMILES string of the molecule is COc1ccc([C@@]2(C)NC(=O)N(CC(=O)Nc3cccc(C)c3)C2=O)cc1. The average Bonchev–Trinajstić information content (AvgIpc) is 2.86. The van der Waals surface area contributed by atoms with Gasteiger partial charge in [-0.2, -0.15) is 0 Å². The number of nitrogens with one attached hydrogen (secondary N) is 2. The first kappa shape index (κ1) is 18.4. The predicted molar refractivity (Wildman–Crippen MR) is 100 cm³/mol. The van der Waals surface area contributed by atoms with Gasteiger partial charge in [-0.1, -0.05) is 24.3 Å². The molecule has 0 bridgehead atoms. The van der Waals surface area contributed by atoms with Crippen molar-refractivity contribution < 1.29 is 19.1 Å². The molecule has 3 rings (SSSR count). The van der Waals surface area contributed by atoms with E-state index in [0.717, 1.165) is 10.5 Å². The lowest BCUT2D eigenvalue weighted by atomic mass is 9.92. The molecule has 7 nitrogen and oxygen atoms in total. The number of methoxy groups -OCH3 is 1. The number of urea groups is 1. The van der Waals surface area contributed by atoms with Gasteiger partial charge in [-0.05, 0) is 49.2 Å². The van der Waals surface area contributed by atoms with Gasteiger partial charge in [0.05, 0.1) is 7.11 Å². The molecular weight excluding hydrogens is 346 g/mol. The number of rotatable bonds is 5. The maximum Gasteiger partial charge on any atom is 0.325 e. The molecule has 1 heterocycles. The van der Waals surface area contributed by atoms with E-state index in [1.807, 2.05) is 25.1 Å². The van der Waals surface area contributed by atoms with E-state index in [1.54, 1.807) is 44.4 Å². The molecule has 2 aromatic carbocycles. The van der Waals surface area contributed by atoms with Gasteiger partial charge in [0.15, 0.2) is 0 Å². The molecule has 27 heavy (non-hydrogen) atoms. The van der Waals surface area contributed by atoms with Crippen molar-refractivity contribution in [3.8, 4) is 5.75 Å². The van der Waals surface area contributed by atoms with Crippen LogP contribution in [0.2, 0.25) is 0 Å². The summed E-state index contributed by atoms with van der Waals surface area (Å²) in [7, 11) is 1.55. The second kappa shape index (κ2) is 7.11. The number of anilines is 1. The largest absolute Gasteiger partial charge is 0.497 e. The van der Waals surface area contributed by atoms with Crippen LogP contribution in [0.3, 0.4) is 0 Å². The molecule has 0 aliphatic carbocycles. The molecule has 1 atom stereocenters. The Morgan fingerprint density at radius 3 is 2.52 bits per heavy atom. The molecule has 7 heteroatoms. The number of amides is 4. The van der Waals surface area contributed by atoms with Crippen LogP contribution in [-0.2, 0) is 15.1 Å². The number of benzene rings is 2. The lowest BCUT2D eigenvalue weighted by molar-refractivity contribution is -0.133. The van der Waals surface area contributed by atoms with Crippen LogP contribution in [0, 0.1) is 6.92 Å². The monoisotopic (exact) mass is 367 g/mol. The van der Waals surface area contributed by atoms with Gasteiger partial charge in [0.2, 0.25) is 5.91 Å². The Hall–Kier alpha value is -3.35. The Morgan fingerprint density at radius 1 is 1.19 bits per heavy atom. The predicted octanol–water partition coefficient (Wildman–Crippen LogP) is 2.41. The summed E-state index contributed by atoms with van der Waals surface area (Å²) in [5.41, 5.74) is 0.996. The first-order valence-corrected chi connectivity index (χ1v) is 8.48. The summed E-state index contributed by atoms with van der Waals surface area (Å²) in [6.45, 7) is 3.17. The molecule has 1 saturated heterocycles. The van der Waals surface area contributed by atoms with Crippen molar-refractivity contribution in [1.29, 1.82) is 0 Å². The number of ether oxygens (including phenoxy) is 1. The first-order valence-electron chi connectivity index (χ1n) is 8.48. The van der Waals surface area contributed by atoms with Gasteiger partial charge in [0.1, 0.15) is 17.8 Å².